The van der Waals surface area contributed by atoms with Crippen LogP contribution in [-0.4, -0.2) is 17.9 Å². The lowest BCUT2D eigenvalue weighted by Crippen LogP contribution is -2.24. The van der Waals surface area contributed by atoms with Gasteiger partial charge in [-0.2, -0.15) is 0 Å². The van der Waals surface area contributed by atoms with Crippen molar-refractivity contribution in [3.63, 3.8) is 0 Å². The standard InChI is InChI=1S/C15H13ClO3/c1-6-4-5-9-7(2)15(18)19-14(9)11-8(3)12(16)13(17)10(6)11/h4-5,11,14H,1-3H3/t11-,14+/m0/s1. The van der Waals surface area contributed by atoms with E-state index in [1.54, 1.807) is 6.92 Å². The van der Waals surface area contributed by atoms with Crippen molar-refractivity contribution in [2.45, 2.75) is 26.9 Å². The number of carbonyl (C=O) groups is 2. The van der Waals surface area contributed by atoms with E-state index in [-0.39, 0.29) is 22.7 Å². The summed E-state index contributed by atoms with van der Waals surface area (Å²) in [5.41, 5.74) is 3.79. The highest BCUT2D eigenvalue weighted by Gasteiger charge is 2.46. The molecular formula is C15H13ClO3. The second-order valence-electron chi connectivity index (χ2n) is 5.14. The molecule has 4 heteroatoms. The monoisotopic (exact) mass is 276 g/mol. The molecule has 0 aromatic rings. The zero-order valence-corrected chi connectivity index (χ0v) is 11.7. The summed E-state index contributed by atoms with van der Waals surface area (Å²) in [5, 5.41) is 0.259. The minimum atomic E-state index is -0.420. The summed E-state index contributed by atoms with van der Waals surface area (Å²) >= 11 is 6.08. The zero-order valence-electron chi connectivity index (χ0n) is 10.9. The molecule has 0 saturated carbocycles. The maximum atomic E-state index is 12.2. The summed E-state index contributed by atoms with van der Waals surface area (Å²) in [5.74, 6) is -0.702. The van der Waals surface area contributed by atoms with Gasteiger partial charge < -0.3 is 4.74 Å². The van der Waals surface area contributed by atoms with Crippen LogP contribution in [0.1, 0.15) is 20.8 Å². The van der Waals surface area contributed by atoms with Crippen molar-refractivity contribution in [3.05, 3.63) is 45.0 Å². The molecule has 19 heavy (non-hydrogen) atoms. The Balaban J connectivity index is 2.23. The van der Waals surface area contributed by atoms with Gasteiger partial charge in [0.25, 0.3) is 0 Å². The van der Waals surface area contributed by atoms with E-state index in [4.69, 9.17) is 16.3 Å². The average molecular weight is 277 g/mol. The van der Waals surface area contributed by atoms with E-state index in [9.17, 15) is 9.59 Å². The Morgan fingerprint density at radius 3 is 2.53 bits per heavy atom. The number of halogens is 1. The van der Waals surface area contributed by atoms with Crippen LogP contribution in [0.5, 0.6) is 0 Å². The number of ketones is 1. The van der Waals surface area contributed by atoms with Crippen LogP contribution in [0.2, 0.25) is 0 Å². The van der Waals surface area contributed by atoms with E-state index < -0.39 is 6.10 Å². The Labute approximate surface area is 116 Å². The molecule has 1 aliphatic heterocycles. The largest absolute Gasteiger partial charge is 0.453 e. The molecule has 0 aromatic heterocycles. The van der Waals surface area contributed by atoms with Crippen molar-refractivity contribution >= 4 is 23.4 Å². The van der Waals surface area contributed by atoms with Crippen LogP contribution < -0.4 is 0 Å². The van der Waals surface area contributed by atoms with Crippen LogP contribution in [-0.2, 0) is 14.3 Å². The lowest BCUT2D eigenvalue weighted by atomic mass is 9.87. The molecule has 0 spiro atoms. The van der Waals surface area contributed by atoms with Crippen LogP contribution in [0.3, 0.4) is 0 Å². The highest BCUT2D eigenvalue weighted by Crippen LogP contribution is 2.46. The van der Waals surface area contributed by atoms with Crippen LogP contribution in [0.4, 0.5) is 0 Å². The molecule has 1 heterocycles. The number of ether oxygens (including phenoxy) is 1. The second-order valence-corrected chi connectivity index (χ2v) is 5.52. The van der Waals surface area contributed by atoms with Crippen molar-refractivity contribution in [2.75, 3.05) is 0 Å². The van der Waals surface area contributed by atoms with Gasteiger partial charge in [0, 0.05) is 16.7 Å². The van der Waals surface area contributed by atoms with Crippen molar-refractivity contribution < 1.29 is 14.3 Å². The molecule has 0 fully saturated rings. The molecule has 0 bridgehead atoms. The molecule has 0 N–H and O–H groups in total. The molecule has 3 nitrogen and oxygen atoms in total. The quantitative estimate of drug-likeness (QED) is 0.639. The van der Waals surface area contributed by atoms with E-state index in [1.165, 1.54) is 0 Å². The van der Waals surface area contributed by atoms with E-state index >= 15 is 0 Å². The van der Waals surface area contributed by atoms with E-state index in [2.05, 4.69) is 0 Å². The van der Waals surface area contributed by atoms with Crippen LogP contribution in [0.15, 0.2) is 45.0 Å². The Hall–Kier alpha value is -1.61. The third kappa shape index (κ3) is 1.51. The number of allylic oxidation sites excluding steroid dienone is 3. The van der Waals surface area contributed by atoms with E-state index in [0.29, 0.717) is 11.1 Å². The Kier molecular flexibility index (Phi) is 2.58. The minimum absolute atomic E-state index is 0.145. The summed E-state index contributed by atoms with van der Waals surface area (Å²) in [6.07, 6.45) is 3.32. The fraction of sp³-hybridized carbons (Fsp3) is 0.333. The maximum absolute atomic E-state index is 12.2. The van der Waals surface area contributed by atoms with Gasteiger partial charge in [-0.05, 0) is 31.9 Å². The molecule has 0 aromatic carbocycles. The normalized spacial score (nSPS) is 29.9. The number of hydrogen-bond acceptors (Lipinski definition) is 3. The minimum Gasteiger partial charge on any atom is -0.453 e. The topological polar surface area (TPSA) is 43.4 Å². The molecule has 3 aliphatic rings. The molecule has 0 radical (unpaired) electrons. The van der Waals surface area contributed by atoms with Gasteiger partial charge in [-0.15, -0.1) is 0 Å². The number of carbonyl (C=O) groups excluding carboxylic acids is 2. The van der Waals surface area contributed by atoms with Crippen LogP contribution >= 0.6 is 11.6 Å². The zero-order chi connectivity index (χ0) is 13.9. The van der Waals surface area contributed by atoms with Gasteiger partial charge in [-0.25, -0.2) is 4.79 Å². The lowest BCUT2D eigenvalue weighted by Gasteiger charge is -2.21. The predicted octanol–water partition coefficient (Wildman–Crippen LogP) is 2.83. The van der Waals surface area contributed by atoms with Crippen LogP contribution in [0, 0.1) is 5.92 Å². The number of fused-ring (bicyclic) bond motifs is 3. The third-order valence-corrected chi connectivity index (χ3v) is 4.56. The van der Waals surface area contributed by atoms with E-state index in [0.717, 1.165) is 16.7 Å². The molecule has 2 aliphatic carbocycles. The molecule has 0 saturated heterocycles. The summed E-state index contributed by atoms with van der Waals surface area (Å²) in [6.45, 7) is 5.47. The highest BCUT2D eigenvalue weighted by molar-refractivity contribution is 6.47. The number of esters is 1. The van der Waals surface area contributed by atoms with Gasteiger partial charge in [0.15, 0.2) is 0 Å². The summed E-state index contributed by atoms with van der Waals surface area (Å²) < 4.78 is 5.44. The van der Waals surface area contributed by atoms with Gasteiger partial charge in [0.05, 0.1) is 11.0 Å². The maximum Gasteiger partial charge on any atom is 0.334 e. The van der Waals surface area contributed by atoms with Gasteiger partial charge >= 0.3 is 5.97 Å². The Morgan fingerprint density at radius 1 is 1.16 bits per heavy atom. The predicted molar refractivity (Wildman–Crippen MR) is 71.5 cm³/mol. The van der Waals surface area contributed by atoms with Gasteiger partial charge in [0.2, 0.25) is 5.78 Å². The van der Waals surface area contributed by atoms with Crippen LogP contribution in [0.25, 0.3) is 0 Å². The van der Waals surface area contributed by atoms with Crippen molar-refractivity contribution in [1.82, 2.24) is 0 Å². The molecule has 3 rings (SSSR count). The van der Waals surface area contributed by atoms with Crippen molar-refractivity contribution in [1.29, 1.82) is 0 Å². The third-order valence-electron chi connectivity index (χ3n) is 4.09. The van der Waals surface area contributed by atoms with Gasteiger partial charge in [0.1, 0.15) is 6.10 Å². The van der Waals surface area contributed by atoms with Gasteiger partial charge in [-0.1, -0.05) is 23.8 Å². The number of rotatable bonds is 0. The van der Waals surface area contributed by atoms with Gasteiger partial charge in [-0.3, -0.25) is 4.79 Å². The first-order chi connectivity index (χ1) is 8.93. The Bertz CT molecular complexity index is 646. The van der Waals surface area contributed by atoms with Crippen molar-refractivity contribution in [3.8, 4) is 0 Å². The second kappa shape index (κ2) is 3.94. The highest BCUT2D eigenvalue weighted by atomic mass is 35.5. The summed E-state index contributed by atoms with van der Waals surface area (Å²) in [4.78, 5) is 24.0. The molecule has 98 valence electrons. The first-order valence-corrected chi connectivity index (χ1v) is 6.53. The fourth-order valence-electron chi connectivity index (χ4n) is 2.96. The molecule has 0 amide bonds. The first-order valence-electron chi connectivity index (χ1n) is 6.15. The molecular weight excluding hydrogens is 264 g/mol. The number of hydrogen-bond donors (Lipinski definition) is 0. The Morgan fingerprint density at radius 2 is 1.84 bits per heavy atom. The van der Waals surface area contributed by atoms with Crippen molar-refractivity contribution in [2.24, 2.45) is 5.92 Å². The summed E-state index contributed by atoms with van der Waals surface area (Å²) in [7, 11) is 0. The lowest BCUT2D eigenvalue weighted by molar-refractivity contribution is -0.140. The molecule has 2 atom stereocenters. The first kappa shape index (κ1) is 12.4. The average Bonchev–Trinajstić information content (AvgIpc) is 2.70. The SMILES string of the molecule is CC1=C2C(=O)C(Cl)=C(C)[C@@H]2[C@@H]2OC(=O)C(C)=C2C=C1. The molecule has 0 unspecified atom stereocenters. The van der Waals surface area contributed by atoms with E-state index in [1.807, 2.05) is 26.0 Å². The number of Topliss-reactive ketones (excluding diaryl/α,β-unsaturated/α-hetero) is 1. The smallest absolute Gasteiger partial charge is 0.334 e. The summed E-state index contributed by atoms with van der Waals surface area (Å²) in [6, 6.07) is 0. The fourth-order valence-corrected chi connectivity index (χ4v) is 3.18.